The molecule has 0 saturated heterocycles. The molecule has 100 valence electrons. The van der Waals surface area contributed by atoms with Crippen LogP contribution in [-0.2, 0) is 0 Å². The van der Waals surface area contributed by atoms with E-state index in [0.717, 1.165) is 5.56 Å². The molecule has 1 aromatic carbocycles. The summed E-state index contributed by atoms with van der Waals surface area (Å²) in [5.41, 5.74) is 7.44. The summed E-state index contributed by atoms with van der Waals surface area (Å²) in [4.78, 5) is 5.78. The molecule has 0 amide bonds. The highest BCUT2D eigenvalue weighted by molar-refractivity contribution is 6.30. The Labute approximate surface area is 116 Å². The van der Waals surface area contributed by atoms with E-state index in [-0.39, 0.29) is 16.9 Å². The van der Waals surface area contributed by atoms with Gasteiger partial charge in [-0.2, -0.15) is 0 Å². The standard InChI is InChI=1S/C14H15ClFN3/c1-9(10-4-3-5-12(17)6-10)19(2)14-13(16)7-11(15)8-18-14/h3-9H,17H2,1-2H3. The Bertz CT molecular complexity index is 589. The van der Waals surface area contributed by atoms with Gasteiger partial charge in [-0.15, -0.1) is 0 Å². The van der Waals surface area contributed by atoms with Crippen LogP contribution in [0.15, 0.2) is 36.5 Å². The van der Waals surface area contributed by atoms with Gasteiger partial charge in [0.2, 0.25) is 0 Å². The average Bonchev–Trinajstić information content (AvgIpc) is 2.37. The molecule has 0 aliphatic heterocycles. The van der Waals surface area contributed by atoms with Gasteiger partial charge in [0.1, 0.15) is 0 Å². The number of halogens is 2. The number of hydrogen-bond donors (Lipinski definition) is 1. The quantitative estimate of drug-likeness (QED) is 0.872. The molecule has 0 aliphatic rings. The number of hydrogen-bond acceptors (Lipinski definition) is 3. The zero-order chi connectivity index (χ0) is 14.0. The highest BCUT2D eigenvalue weighted by atomic mass is 35.5. The molecule has 1 unspecified atom stereocenters. The van der Waals surface area contributed by atoms with E-state index in [0.29, 0.717) is 5.69 Å². The lowest BCUT2D eigenvalue weighted by Gasteiger charge is -2.26. The molecule has 2 aromatic rings. The van der Waals surface area contributed by atoms with Crippen LogP contribution in [0.3, 0.4) is 0 Å². The number of nitrogens with two attached hydrogens (primary N) is 1. The van der Waals surface area contributed by atoms with E-state index >= 15 is 0 Å². The minimum Gasteiger partial charge on any atom is -0.399 e. The summed E-state index contributed by atoms with van der Waals surface area (Å²) in [5, 5.41) is 0.284. The van der Waals surface area contributed by atoms with Crippen molar-refractivity contribution in [3.63, 3.8) is 0 Å². The van der Waals surface area contributed by atoms with Crippen molar-refractivity contribution < 1.29 is 4.39 Å². The van der Waals surface area contributed by atoms with Crippen molar-refractivity contribution in [2.75, 3.05) is 17.7 Å². The Morgan fingerprint density at radius 1 is 1.37 bits per heavy atom. The number of rotatable bonds is 3. The second-order valence-electron chi connectivity index (χ2n) is 4.42. The van der Waals surface area contributed by atoms with E-state index in [2.05, 4.69) is 4.98 Å². The van der Waals surface area contributed by atoms with Gasteiger partial charge in [-0.1, -0.05) is 23.7 Å². The zero-order valence-corrected chi connectivity index (χ0v) is 11.5. The minimum atomic E-state index is -0.439. The van der Waals surface area contributed by atoms with E-state index in [1.807, 2.05) is 31.2 Å². The van der Waals surface area contributed by atoms with Crippen LogP contribution in [0.5, 0.6) is 0 Å². The first-order chi connectivity index (χ1) is 8.99. The first kappa shape index (κ1) is 13.6. The Hall–Kier alpha value is -1.81. The Kier molecular flexibility index (Phi) is 3.90. The number of benzene rings is 1. The maximum absolute atomic E-state index is 13.8. The van der Waals surface area contributed by atoms with Crippen molar-refractivity contribution >= 4 is 23.1 Å². The maximum atomic E-state index is 13.8. The van der Waals surface area contributed by atoms with Crippen molar-refractivity contribution in [3.05, 3.63) is 52.9 Å². The molecule has 3 nitrogen and oxygen atoms in total. The van der Waals surface area contributed by atoms with E-state index in [1.54, 1.807) is 11.9 Å². The molecular weight excluding hydrogens is 265 g/mol. The largest absolute Gasteiger partial charge is 0.399 e. The summed E-state index contributed by atoms with van der Waals surface area (Å²) in [6.07, 6.45) is 1.43. The second kappa shape index (κ2) is 5.45. The topological polar surface area (TPSA) is 42.1 Å². The first-order valence-corrected chi connectivity index (χ1v) is 6.26. The minimum absolute atomic E-state index is 0.0494. The Balaban J connectivity index is 2.30. The molecule has 0 saturated carbocycles. The number of anilines is 2. The summed E-state index contributed by atoms with van der Waals surface area (Å²) in [7, 11) is 1.78. The molecule has 2 rings (SSSR count). The SMILES string of the molecule is CC(c1cccc(N)c1)N(C)c1ncc(Cl)cc1F. The van der Waals surface area contributed by atoms with Gasteiger partial charge in [0.05, 0.1) is 11.1 Å². The normalized spacial score (nSPS) is 12.2. The van der Waals surface area contributed by atoms with Gasteiger partial charge in [-0.25, -0.2) is 9.37 Å². The van der Waals surface area contributed by atoms with Crippen LogP contribution >= 0.6 is 11.6 Å². The lowest BCUT2D eigenvalue weighted by molar-refractivity contribution is 0.603. The molecule has 1 heterocycles. The molecule has 2 N–H and O–H groups in total. The van der Waals surface area contributed by atoms with Crippen LogP contribution in [0.25, 0.3) is 0 Å². The third kappa shape index (κ3) is 2.96. The fraction of sp³-hybridized carbons (Fsp3) is 0.214. The zero-order valence-electron chi connectivity index (χ0n) is 10.8. The van der Waals surface area contributed by atoms with E-state index in [4.69, 9.17) is 17.3 Å². The average molecular weight is 280 g/mol. The molecule has 0 radical (unpaired) electrons. The van der Waals surface area contributed by atoms with Gasteiger partial charge < -0.3 is 10.6 Å². The van der Waals surface area contributed by atoms with Crippen LogP contribution in [-0.4, -0.2) is 12.0 Å². The number of nitrogens with zero attached hydrogens (tertiary/aromatic N) is 2. The van der Waals surface area contributed by atoms with Crippen LogP contribution in [0, 0.1) is 5.82 Å². The van der Waals surface area contributed by atoms with Crippen LogP contribution in [0.4, 0.5) is 15.9 Å². The van der Waals surface area contributed by atoms with Crippen LogP contribution < -0.4 is 10.6 Å². The molecule has 19 heavy (non-hydrogen) atoms. The molecule has 5 heteroatoms. The lowest BCUT2D eigenvalue weighted by atomic mass is 10.1. The maximum Gasteiger partial charge on any atom is 0.167 e. The molecular formula is C14H15ClFN3. The van der Waals surface area contributed by atoms with Gasteiger partial charge >= 0.3 is 0 Å². The molecule has 1 atom stereocenters. The summed E-state index contributed by atoms with van der Waals surface area (Å²) in [6, 6.07) is 8.72. The molecule has 0 bridgehead atoms. The summed E-state index contributed by atoms with van der Waals surface area (Å²) in [5.74, 6) is -0.176. The molecule has 0 aliphatic carbocycles. The second-order valence-corrected chi connectivity index (χ2v) is 4.85. The predicted octanol–water partition coefficient (Wildman–Crippen LogP) is 3.65. The van der Waals surface area contributed by atoms with Crippen molar-refractivity contribution in [1.29, 1.82) is 0 Å². The number of nitrogen functional groups attached to an aromatic ring is 1. The van der Waals surface area contributed by atoms with E-state index in [9.17, 15) is 4.39 Å². The summed E-state index contributed by atoms with van der Waals surface area (Å²) < 4.78 is 13.8. The van der Waals surface area contributed by atoms with Crippen molar-refractivity contribution in [2.45, 2.75) is 13.0 Å². The highest BCUT2D eigenvalue weighted by Crippen LogP contribution is 2.27. The monoisotopic (exact) mass is 279 g/mol. The van der Waals surface area contributed by atoms with Gasteiger partial charge in [-0.05, 0) is 30.7 Å². The smallest absolute Gasteiger partial charge is 0.167 e. The Morgan fingerprint density at radius 3 is 2.74 bits per heavy atom. The van der Waals surface area contributed by atoms with E-state index < -0.39 is 5.82 Å². The predicted molar refractivity (Wildman–Crippen MR) is 76.9 cm³/mol. The molecule has 1 aromatic heterocycles. The highest BCUT2D eigenvalue weighted by Gasteiger charge is 2.17. The lowest BCUT2D eigenvalue weighted by Crippen LogP contribution is -2.23. The van der Waals surface area contributed by atoms with Gasteiger partial charge in [-0.3, -0.25) is 0 Å². The first-order valence-electron chi connectivity index (χ1n) is 5.88. The number of aromatic nitrogens is 1. The third-order valence-corrected chi connectivity index (χ3v) is 3.30. The van der Waals surface area contributed by atoms with Gasteiger partial charge in [0.15, 0.2) is 11.6 Å². The van der Waals surface area contributed by atoms with Crippen LogP contribution in [0.1, 0.15) is 18.5 Å². The third-order valence-electron chi connectivity index (χ3n) is 3.10. The fourth-order valence-electron chi connectivity index (χ4n) is 1.89. The van der Waals surface area contributed by atoms with Crippen molar-refractivity contribution in [2.24, 2.45) is 0 Å². The molecule has 0 spiro atoms. The van der Waals surface area contributed by atoms with Crippen LogP contribution in [0.2, 0.25) is 5.02 Å². The molecule has 0 fully saturated rings. The van der Waals surface area contributed by atoms with Gasteiger partial charge in [0.25, 0.3) is 0 Å². The number of pyridine rings is 1. The summed E-state index contributed by atoms with van der Waals surface area (Å²) >= 11 is 5.70. The van der Waals surface area contributed by atoms with E-state index in [1.165, 1.54) is 12.3 Å². The van der Waals surface area contributed by atoms with Gasteiger partial charge in [0, 0.05) is 18.9 Å². The van der Waals surface area contributed by atoms with Crippen molar-refractivity contribution in [1.82, 2.24) is 4.98 Å². The van der Waals surface area contributed by atoms with Crippen molar-refractivity contribution in [3.8, 4) is 0 Å². The Morgan fingerprint density at radius 2 is 2.11 bits per heavy atom. The fourth-order valence-corrected chi connectivity index (χ4v) is 2.04. The summed E-state index contributed by atoms with van der Waals surface area (Å²) in [6.45, 7) is 1.96.